The lowest BCUT2D eigenvalue weighted by Crippen LogP contribution is -2.24. The Morgan fingerprint density at radius 1 is 1.37 bits per heavy atom. The largest absolute Gasteiger partial charge is 0.487 e. The second kappa shape index (κ2) is 3.90. The summed E-state index contributed by atoms with van der Waals surface area (Å²) in [6.45, 7) is 4.13. The number of nitrogen functional groups attached to an aromatic ring is 1. The topological polar surface area (TPSA) is 53.1 Å². The fourth-order valence-corrected chi connectivity index (χ4v) is 2.72. The van der Waals surface area contributed by atoms with Gasteiger partial charge in [-0.25, -0.2) is 0 Å². The average molecular weight is 278 g/mol. The highest BCUT2D eigenvalue weighted by molar-refractivity contribution is 6.31. The summed E-state index contributed by atoms with van der Waals surface area (Å²) in [7, 11) is 1.81. The van der Waals surface area contributed by atoms with E-state index < -0.39 is 0 Å². The lowest BCUT2D eigenvalue weighted by molar-refractivity contribution is 0.139. The van der Waals surface area contributed by atoms with Gasteiger partial charge >= 0.3 is 0 Å². The van der Waals surface area contributed by atoms with Crippen molar-refractivity contribution in [1.82, 2.24) is 9.78 Å². The van der Waals surface area contributed by atoms with Crippen LogP contribution < -0.4 is 10.5 Å². The van der Waals surface area contributed by atoms with Crippen molar-refractivity contribution in [2.45, 2.75) is 25.9 Å². The summed E-state index contributed by atoms with van der Waals surface area (Å²) in [5.74, 6) is 1.48. The second-order valence-electron chi connectivity index (χ2n) is 5.56. The number of anilines is 1. The van der Waals surface area contributed by atoms with E-state index in [0.717, 1.165) is 29.0 Å². The molecule has 3 rings (SSSR count). The Morgan fingerprint density at radius 3 is 2.74 bits per heavy atom. The maximum Gasteiger partial charge on any atom is 0.133 e. The van der Waals surface area contributed by atoms with E-state index >= 15 is 0 Å². The highest BCUT2D eigenvalue weighted by atomic mass is 35.5. The second-order valence-corrected chi connectivity index (χ2v) is 5.99. The number of aromatic nitrogens is 2. The number of benzene rings is 1. The van der Waals surface area contributed by atoms with Crippen LogP contribution in [0.2, 0.25) is 5.02 Å². The molecular weight excluding hydrogens is 262 g/mol. The van der Waals surface area contributed by atoms with Crippen LogP contribution in [0.4, 0.5) is 5.82 Å². The molecule has 2 N–H and O–H groups in total. The van der Waals surface area contributed by atoms with Gasteiger partial charge in [0.25, 0.3) is 0 Å². The monoisotopic (exact) mass is 277 g/mol. The highest BCUT2D eigenvalue weighted by Crippen LogP contribution is 2.43. The first-order valence-corrected chi connectivity index (χ1v) is 6.55. The number of rotatable bonds is 1. The molecule has 2 heterocycles. The molecule has 0 saturated carbocycles. The fraction of sp³-hybridized carbons (Fsp3) is 0.357. The third-order valence-electron chi connectivity index (χ3n) is 3.32. The first kappa shape index (κ1) is 12.4. The van der Waals surface area contributed by atoms with Crippen LogP contribution in [0.25, 0.3) is 11.3 Å². The van der Waals surface area contributed by atoms with Crippen molar-refractivity contribution in [3.05, 3.63) is 28.8 Å². The molecule has 100 valence electrons. The van der Waals surface area contributed by atoms with Gasteiger partial charge in [-0.2, -0.15) is 5.10 Å². The van der Waals surface area contributed by atoms with Crippen molar-refractivity contribution >= 4 is 17.4 Å². The summed E-state index contributed by atoms with van der Waals surface area (Å²) in [6.07, 6.45) is 0.845. The lowest BCUT2D eigenvalue weighted by Gasteiger charge is -2.17. The van der Waals surface area contributed by atoms with Crippen LogP contribution in [-0.2, 0) is 13.5 Å². The average Bonchev–Trinajstić information content (AvgIpc) is 2.77. The molecule has 0 spiro atoms. The molecule has 1 aromatic heterocycles. The number of hydrogen-bond donors (Lipinski definition) is 1. The Kier molecular flexibility index (Phi) is 2.54. The molecule has 4 nitrogen and oxygen atoms in total. The number of fused-ring (bicyclic) bond motifs is 1. The molecule has 0 bridgehead atoms. The van der Waals surface area contributed by atoms with E-state index in [4.69, 9.17) is 22.1 Å². The van der Waals surface area contributed by atoms with Gasteiger partial charge in [-0.1, -0.05) is 11.6 Å². The number of ether oxygens (including phenoxy) is 1. The van der Waals surface area contributed by atoms with Crippen LogP contribution in [0, 0.1) is 0 Å². The van der Waals surface area contributed by atoms with Gasteiger partial charge in [0.05, 0.1) is 5.69 Å². The van der Waals surface area contributed by atoms with Gasteiger partial charge in [-0.05, 0) is 26.0 Å². The number of hydrogen-bond acceptors (Lipinski definition) is 3. The Hall–Kier alpha value is -1.68. The van der Waals surface area contributed by atoms with Gasteiger partial charge in [0.1, 0.15) is 17.2 Å². The van der Waals surface area contributed by atoms with Gasteiger partial charge in [-0.15, -0.1) is 0 Å². The van der Waals surface area contributed by atoms with Crippen molar-refractivity contribution in [3.63, 3.8) is 0 Å². The molecule has 1 aliphatic rings. The fourth-order valence-electron chi connectivity index (χ4n) is 2.48. The van der Waals surface area contributed by atoms with E-state index in [1.165, 1.54) is 0 Å². The van der Waals surface area contributed by atoms with E-state index in [2.05, 4.69) is 18.9 Å². The summed E-state index contributed by atoms with van der Waals surface area (Å²) < 4.78 is 7.68. The smallest absolute Gasteiger partial charge is 0.133 e. The molecule has 19 heavy (non-hydrogen) atoms. The van der Waals surface area contributed by atoms with Crippen LogP contribution in [0.3, 0.4) is 0 Å². The Morgan fingerprint density at radius 2 is 2.11 bits per heavy atom. The zero-order chi connectivity index (χ0) is 13.8. The van der Waals surface area contributed by atoms with Crippen molar-refractivity contribution in [1.29, 1.82) is 0 Å². The Bertz CT molecular complexity index is 641. The minimum Gasteiger partial charge on any atom is -0.487 e. The Balaban J connectivity index is 2.18. The normalized spacial score (nSPS) is 16.2. The zero-order valence-electron chi connectivity index (χ0n) is 11.2. The Labute approximate surface area is 117 Å². The van der Waals surface area contributed by atoms with E-state index in [9.17, 15) is 0 Å². The number of nitrogens with two attached hydrogens (primary N) is 1. The molecule has 0 unspecified atom stereocenters. The van der Waals surface area contributed by atoms with E-state index in [1.54, 1.807) is 4.68 Å². The summed E-state index contributed by atoms with van der Waals surface area (Å²) in [5, 5.41) is 5.09. The number of halogens is 1. The summed E-state index contributed by atoms with van der Waals surface area (Å²) in [4.78, 5) is 0. The predicted octanol–water partition coefficient (Wildman–Crippen LogP) is 3.04. The SMILES string of the molecule is Cn1nc(-c2cc(Cl)cc3c2OC(C)(C)C3)cc1N. The summed E-state index contributed by atoms with van der Waals surface area (Å²) >= 11 is 6.20. The van der Waals surface area contributed by atoms with Gasteiger partial charge in [0.2, 0.25) is 0 Å². The van der Waals surface area contributed by atoms with Crippen molar-refractivity contribution in [3.8, 4) is 17.0 Å². The van der Waals surface area contributed by atoms with Crippen LogP contribution in [0.5, 0.6) is 5.75 Å². The highest BCUT2D eigenvalue weighted by Gasteiger charge is 2.33. The van der Waals surface area contributed by atoms with Crippen molar-refractivity contribution in [2.24, 2.45) is 7.05 Å². The van der Waals surface area contributed by atoms with Crippen LogP contribution >= 0.6 is 11.6 Å². The molecule has 0 fully saturated rings. The lowest BCUT2D eigenvalue weighted by atomic mass is 10.00. The molecule has 1 aliphatic heterocycles. The van der Waals surface area contributed by atoms with Crippen molar-refractivity contribution in [2.75, 3.05) is 5.73 Å². The molecule has 0 amide bonds. The standard InChI is InChI=1S/C14H16ClN3O/c1-14(2)7-8-4-9(15)5-10(13(8)19-14)11-6-12(16)18(3)17-11/h4-6H,7,16H2,1-3H3. The quantitative estimate of drug-likeness (QED) is 0.872. The number of aryl methyl sites for hydroxylation is 1. The molecule has 0 atom stereocenters. The van der Waals surface area contributed by atoms with E-state index in [0.29, 0.717) is 10.8 Å². The molecule has 5 heteroatoms. The maximum absolute atomic E-state index is 6.20. The van der Waals surface area contributed by atoms with Gasteiger partial charge in [-0.3, -0.25) is 4.68 Å². The minimum atomic E-state index is -0.206. The zero-order valence-corrected chi connectivity index (χ0v) is 12.0. The van der Waals surface area contributed by atoms with Crippen LogP contribution in [0.1, 0.15) is 19.4 Å². The molecule has 1 aromatic carbocycles. The molecular formula is C14H16ClN3O. The molecule has 0 radical (unpaired) electrons. The maximum atomic E-state index is 6.20. The van der Waals surface area contributed by atoms with Gasteiger partial charge in [0, 0.05) is 35.7 Å². The molecule has 2 aromatic rings. The molecule has 0 saturated heterocycles. The third-order valence-corrected chi connectivity index (χ3v) is 3.54. The first-order valence-electron chi connectivity index (χ1n) is 6.17. The summed E-state index contributed by atoms with van der Waals surface area (Å²) in [5.41, 5.74) is 8.45. The summed E-state index contributed by atoms with van der Waals surface area (Å²) in [6, 6.07) is 5.67. The first-order chi connectivity index (χ1) is 8.85. The number of nitrogens with zero attached hydrogens (tertiary/aromatic N) is 2. The van der Waals surface area contributed by atoms with Crippen LogP contribution in [-0.4, -0.2) is 15.4 Å². The van der Waals surface area contributed by atoms with Crippen LogP contribution in [0.15, 0.2) is 18.2 Å². The third kappa shape index (κ3) is 2.06. The van der Waals surface area contributed by atoms with E-state index in [1.807, 2.05) is 25.2 Å². The minimum absolute atomic E-state index is 0.206. The van der Waals surface area contributed by atoms with Gasteiger partial charge < -0.3 is 10.5 Å². The van der Waals surface area contributed by atoms with Crippen molar-refractivity contribution < 1.29 is 4.74 Å². The molecule has 0 aliphatic carbocycles. The van der Waals surface area contributed by atoms with E-state index in [-0.39, 0.29) is 5.60 Å². The predicted molar refractivity (Wildman–Crippen MR) is 76.5 cm³/mol. The van der Waals surface area contributed by atoms with Gasteiger partial charge in [0.15, 0.2) is 0 Å².